The summed E-state index contributed by atoms with van der Waals surface area (Å²) >= 11 is 0. The summed E-state index contributed by atoms with van der Waals surface area (Å²) in [6.45, 7) is 2.82. The first kappa shape index (κ1) is 21.4. The number of para-hydroxylation sites is 1. The van der Waals surface area contributed by atoms with Crippen molar-refractivity contribution in [1.29, 1.82) is 0 Å². The zero-order valence-corrected chi connectivity index (χ0v) is 17.8. The second-order valence-corrected chi connectivity index (χ2v) is 8.81. The van der Waals surface area contributed by atoms with Gasteiger partial charge in [0.05, 0.1) is 10.6 Å². The summed E-state index contributed by atoms with van der Waals surface area (Å²) < 4.78 is 33.6. The molecule has 0 aliphatic heterocycles. The van der Waals surface area contributed by atoms with Crippen LogP contribution in [0.1, 0.15) is 11.1 Å². The second kappa shape index (κ2) is 8.59. The molecule has 0 fully saturated rings. The number of benzene rings is 3. The molecule has 30 heavy (non-hydrogen) atoms. The Bertz CT molecular complexity index is 1170. The molecule has 0 aliphatic carbocycles. The van der Waals surface area contributed by atoms with Gasteiger partial charge in [0.1, 0.15) is 5.75 Å². The van der Waals surface area contributed by atoms with E-state index in [9.17, 15) is 13.2 Å². The normalized spacial score (nSPS) is 11.2. The Morgan fingerprint density at radius 1 is 0.967 bits per heavy atom. The Morgan fingerprint density at radius 3 is 2.27 bits per heavy atom. The quantitative estimate of drug-likeness (QED) is 0.612. The molecule has 3 aromatic carbocycles. The van der Waals surface area contributed by atoms with Crippen LogP contribution >= 0.6 is 0 Å². The number of carbonyl (C=O) groups is 1. The highest BCUT2D eigenvalue weighted by molar-refractivity contribution is 7.92. The molecule has 0 aromatic heterocycles. The lowest BCUT2D eigenvalue weighted by Gasteiger charge is -2.24. The summed E-state index contributed by atoms with van der Waals surface area (Å²) in [4.78, 5) is 11.0. The lowest BCUT2D eigenvalue weighted by Crippen LogP contribution is -2.28. The highest BCUT2D eigenvalue weighted by Gasteiger charge is 2.27. The largest absolute Gasteiger partial charge is 0.481 e. The fourth-order valence-corrected chi connectivity index (χ4v) is 4.76. The first-order chi connectivity index (χ1) is 14.2. The van der Waals surface area contributed by atoms with Crippen molar-refractivity contribution in [3.8, 4) is 16.9 Å². The van der Waals surface area contributed by atoms with Crippen LogP contribution in [0, 0.1) is 13.8 Å². The van der Waals surface area contributed by atoms with E-state index in [0.29, 0.717) is 16.8 Å². The second-order valence-electron chi connectivity index (χ2n) is 6.87. The molecule has 7 heteroatoms. The fraction of sp³-hybridized carbons (Fsp3) is 0.174. The zero-order chi connectivity index (χ0) is 21.9. The van der Waals surface area contributed by atoms with Crippen molar-refractivity contribution in [2.45, 2.75) is 18.7 Å². The number of sulfonamides is 1. The Labute approximate surface area is 176 Å². The van der Waals surface area contributed by atoms with Gasteiger partial charge < -0.3 is 9.84 Å². The summed E-state index contributed by atoms with van der Waals surface area (Å²) in [5.74, 6) is -0.862. The number of carboxylic acids is 1. The third-order valence-electron chi connectivity index (χ3n) is 4.86. The number of ether oxygens (including phenoxy) is 1. The topological polar surface area (TPSA) is 83.9 Å². The van der Waals surface area contributed by atoms with E-state index in [2.05, 4.69) is 0 Å². The minimum atomic E-state index is -3.93. The van der Waals surface area contributed by atoms with E-state index in [4.69, 9.17) is 9.84 Å². The molecule has 156 valence electrons. The maximum absolute atomic E-state index is 13.5. The maximum Gasteiger partial charge on any atom is 0.341 e. The lowest BCUT2D eigenvalue weighted by atomic mass is 10.0. The smallest absolute Gasteiger partial charge is 0.341 e. The van der Waals surface area contributed by atoms with Crippen LogP contribution in [0.2, 0.25) is 0 Å². The van der Waals surface area contributed by atoms with E-state index in [0.717, 1.165) is 11.1 Å². The molecular weight excluding hydrogens is 402 g/mol. The highest BCUT2D eigenvalue weighted by atomic mass is 32.2. The van der Waals surface area contributed by atoms with Gasteiger partial charge in [0.2, 0.25) is 0 Å². The molecule has 0 heterocycles. The van der Waals surface area contributed by atoms with Gasteiger partial charge in [0.15, 0.2) is 6.61 Å². The Kier molecular flexibility index (Phi) is 6.12. The zero-order valence-electron chi connectivity index (χ0n) is 17.0. The highest BCUT2D eigenvalue weighted by Crippen LogP contribution is 2.36. The van der Waals surface area contributed by atoms with Crippen LogP contribution in [0.25, 0.3) is 11.1 Å². The SMILES string of the molecule is Cc1ccc(S(=O)(=O)N(C)c2ccccc2-c2ccccc2)c(C)c1OCC(=O)O. The number of aryl methyl sites for hydroxylation is 1. The summed E-state index contributed by atoms with van der Waals surface area (Å²) in [7, 11) is -2.42. The summed E-state index contributed by atoms with van der Waals surface area (Å²) in [6, 6.07) is 20.0. The van der Waals surface area contributed by atoms with Crippen molar-refractivity contribution in [2.75, 3.05) is 18.0 Å². The monoisotopic (exact) mass is 425 g/mol. The van der Waals surface area contributed by atoms with Gasteiger partial charge in [-0.3, -0.25) is 4.31 Å². The number of anilines is 1. The Balaban J connectivity index is 2.07. The number of carboxylic acid groups (broad SMARTS) is 1. The number of rotatable bonds is 7. The molecule has 0 bridgehead atoms. The molecule has 3 aromatic rings. The van der Waals surface area contributed by atoms with Gasteiger partial charge in [-0.1, -0.05) is 54.6 Å². The van der Waals surface area contributed by atoms with Gasteiger partial charge in [0.25, 0.3) is 10.0 Å². The molecule has 6 nitrogen and oxygen atoms in total. The molecule has 0 saturated heterocycles. The maximum atomic E-state index is 13.5. The first-order valence-electron chi connectivity index (χ1n) is 9.31. The van der Waals surface area contributed by atoms with Gasteiger partial charge in [-0.15, -0.1) is 0 Å². The molecule has 3 rings (SSSR count). The molecule has 0 aliphatic rings. The van der Waals surface area contributed by atoms with Gasteiger partial charge in [0, 0.05) is 18.2 Å². The Hall–Kier alpha value is -3.32. The minimum Gasteiger partial charge on any atom is -0.481 e. The lowest BCUT2D eigenvalue weighted by molar-refractivity contribution is -0.139. The van der Waals surface area contributed by atoms with Crippen molar-refractivity contribution in [3.05, 3.63) is 77.9 Å². The van der Waals surface area contributed by atoms with Gasteiger partial charge in [-0.05, 0) is 37.1 Å². The van der Waals surface area contributed by atoms with Gasteiger partial charge in [-0.2, -0.15) is 0 Å². The van der Waals surface area contributed by atoms with E-state index in [1.54, 1.807) is 32.0 Å². The number of nitrogens with zero attached hydrogens (tertiary/aromatic N) is 1. The third-order valence-corrected chi connectivity index (χ3v) is 6.78. The van der Waals surface area contributed by atoms with Crippen molar-refractivity contribution in [3.63, 3.8) is 0 Å². The van der Waals surface area contributed by atoms with Crippen LogP contribution in [0.5, 0.6) is 5.75 Å². The molecule has 1 N–H and O–H groups in total. The van der Waals surface area contributed by atoms with Crippen LogP contribution in [0.4, 0.5) is 5.69 Å². The van der Waals surface area contributed by atoms with Gasteiger partial charge >= 0.3 is 5.97 Å². The number of hydrogen-bond donors (Lipinski definition) is 1. The molecule has 0 radical (unpaired) electrons. The molecule has 0 saturated carbocycles. The van der Waals surface area contributed by atoms with Crippen LogP contribution in [-0.2, 0) is 14.8 Å². The van der Waals surface area contributed by atoms with Crippen molar-refractivity contribution < 1.29 is 23.1 Å². The summed E-state index contributed by atoms with van der Waals surface area (Å²) in [5, 5.41) is 8.91. The molecular formula is C23H23NO5S. The van der Waals surface area contributed by atoms with Crippen LogP contribution in [0.15, 0.2) is 71.6 Å². The fourth-order valence-electron chi connectivity index (χ4n) is 3.33. The molecule has 0 unspecified atom stereocenters. The molecule has 0 amide bonds. The number of hydrogen-bond acceptors (Lipinski definition) is 4. The average Bonchev–Trinajstić information content (AvgIpc) is 2.73. The van der Waals surface area contributed by atoms with Crippen molar-refractivity contribution >= 4 is 21.7 Å². The van der Waals surface area contributed by atoms with E-state index in [-0.39, 0.29) is 10.6 Å². The summed E-state index contributed by atoms with van der Waals surface area (Å²) in [5.41, 5.74) is 3.27. The van der Waals surface area contributed by atoms with E-state index < -0.39 is 22.6 Å². The van der Waals surface area contributed by atoms with Crippen LogP contribution in [0.3, 0.4) is 0 Å². The van der Waals surface area contributed by atoms with Crippen LogP contribution in [-0.4, -0.2) is 33.1 Å². The average molecular weight is 426 g/mol. The van der Waals surface area contributed by atoms with Crippen molar-refractivity contribution in [1.82, 2.24) is 0 Å². The Morgan fingerprint density at radius 2 is 1.60 bits per heavy atom. The molecule has 0 atom stereocenters. The van der Waals surface area contributed by atoms with Crippen molar-refractivity contribution in [2.24, 2.45) is 0 Å². The van der Waals surface area contributed by atoms with E-state index in [1.807, 2.05) is 42.5 Å². The first-order valence-corrected chi connectivity index (χ1v) is 10.8. The van der Waals surface area contributed by atoms with E-state index in [1.165, 1.54) is 17.4 Å². The van der Waals surface area contributed by atoms with Crippen LogP contribution < -0.4 is 9.04 Å². The molecule has 0 spiro atoms. The predicted molar refractivity (Wildman–Crippen MR) is 117 cm³/mol. The standard InChI is InChI=1S/C23H23NO5S/c1-16-13-14-21(17(2)23(16)29-15-22(25)26)30(27,28)24(3)20-12-8-7-11-19(20)18-9-5-4-6-10-18/h4-14H,15H2,1-3H3,(H,25,26). The predicted octanol–water partition coefficient (Wildman–Crippen LogP) is 4.26. The van der Waals surface area contributed by atoms with Gasteiger partial charge in [-0.25, -0.2) is 13.2 Å². The number of aliphatic carboxylic acids is 1. The minimum absolute atomic E-state index is 0.0684. The summed E-state index contributed by atoms with van der Waals surface area (Å²) in [6.07, 6.45) is 0. The third kappa shape index (κ3) is 4.16. The van der Waals surface area contributed by atoms with E-state index >= 15 is 0 Å².